The molecule has 1 aliphatic heterocycles. The number of rotatable bonds is 2. The third kappa shape index (κ3) is 2.22. The average Bonchev–Trinajstić information content (AvgIpc) is 2.61. The van der Waals surface area contributed by atoms with E-state index in [9.17, 15) is 4.39 Å². The van der Waals surface area contributed by atoms with Gasteiger partial charge in [0.05, 0.1) is 4.87 Å². The number of halogens is 2. The van der Waals surface area contributed by atoms with Crippen LogP contribution in [0.5, 0.6) is 0 Å². The smallest absolute Gasteiger partial charge is 0.124 e. The first-order valence-corrected chi connectivity index (χ1v) is 6.78. The van der Waals surface area contributed by atoms with E-state index >= 15 is 0 Å². The van der Waals surface area contributed by atoms with Crippen molar-refractivity contribution in [3.05, 3.63) is 34.6 Å². The van der Waals surface area contributed by atoms with Crippen LogP contribution >= 0.6 is 23.4 Å². The van der Waals surface area contributed by atoms with Crippen molar-refractivity contribution in [2.45, 2.75) is 31.2 Å². The van der Waals surface area contributed by atoms with Crippen LogP contribution in [-0.4, -0.2) is 11.8 Å². The van der Waals surface area contributed by atoms with Crippen LogP contribution in [-0.2, 0) is 4.87 Å². The third-order valence-corrected chi connectivity index (χ3v) is 4.79. The van der Waals surface area contributed by atoms with Gasteiger partial charge in [-0.1, -0.05) is 24.6 Å². The lowest BCUT2D eigenvalue weighted by molar-refractivity contribution is 0.469. The molecule has 1 saturated heterocycles. The van der Waals surface area contributed by atoms with Crippen LogP contribution in [0, 0.1) is 5.82 Å². The van der Waals surface area contributed by atoms with E-state index < -0.39 is 0 Å². The molecule has 88 valence electrons. The lowest BCUT2D eigenvalue weighted by Gasteiger charge is -2.26. The van der Waals surface area contributed by atoms with Crippen LogP contribution in [0.3, 0.4) is 0 Å². The molecule has 1 heterocycles. The second-order valence-corrected chi connectivity index (χ2v) is 6.06. The van der Waals surface area contributed by atoms with Gasteiger partial charge in [0.2, 0.25) is 0 Å². The molecule has 1 aromatic rings. The molecule has 1 fully saturated rings. The second kappa shape index (κ2) is 4.55. The number of benzene rings is 1. The van der Waals surface area contributed by atoms with Crippen molar-refractivity contribution < 1.29 is 4.39 Å². The Hall–Kier alpha value is -0.250. The van der Waals surface area contributed by atoms with Crippen molar-refractivity contribution in [3.63, 3.8) is 0 Å². The number of hydrogen-bond acceptors (Lipinski definition) is 2. The summed E-state index contributed by atoms with van der Waals surface area (Å²) in [6.45, 7) is 4.27. The average molecular weight is 260 g/mol. The first-order chi connectivity index (χ1) is 7.55. The fourth-order valence-electron chi connectivity index (χ4n) is 1.99. The van der Waals surface area contributed by atoms with E-state index in [4.69, 9.17) is 11.6 Å². The topological polar surface area (TPSA) is 12.0 Å². The molecule has 0 bridgehead atoms. The van der Waals surface area contributed by atoms with Crippen LogP contribution < -0.4 is 5.32 Å². The fourth-order valence-corrected chi connectivity index (χ4v) is 3.84. The maximum absolute atomic E-state index is 13.0. The Morgan fingerprint density at radius 3 is 2.94 bits per heavy atom. The zero-order valence-electron chi connectivity index (χ0n) is 9.39. The van der Waals surface area contributed by atoms with Gasteiger partial charge in [-0.3, -0.25) is 5.32 Å². The number of thioether (sulfide) groups is 1. The van der Waals surface area contributed by atoms with Crippen molar-refractivity contribution in [1.82, 2.24) is 5.32 Å². The van der Waals surface area contributed by atoms with Crippen molar-refractivity contribution in [2.24, 2.45) is 0 Å². The minimum atomic E-state index is -0.285. The zero-order valence-corrected chi connectivity index (χ0v) is 11.0. The molecule has 0 radical (unpaired) electrons. The van der Waals surface area contributed by atoms with Gasteiger partial charge >= 0.3 is 0 Å². The summed E-state index contributed by atoms with van der Waals surface area (Å²) >= 11 is 7.93. The van der Waals surface area contributed by atoms with E-state index in [1.54, 1.807) is 6.07 Å². The van der Waals surface area contributed by atoms with E-state index in [2.05, 4.69) is 19.2 Å². The van der Waals surface area contributed by atoms with E-state index in [1.807, 2.05) is 11.8 Å². The Morgan fingerprint density at radius 1 is 1.62 bits per heavy atom. The molecule has 1 nitrogen and oxygen atoms in total. The maximum atomic E-state index is 13.0. The highest BCUT2D eigenvalue weighted by atomic mass is 35.5. The van der Waals surface area contributed by atoms with Gasteiger partial charge in [0, 0.05) is 22.4 Å². The highest BCUT2D eigenvalue weighted by Crippen LogP contribution is 2.42. The standard InChI is InChI=1S/C12H15ClFNS/c1-3-9-7-16-12(2,15-9)10-5-4-8(14)6-11(10)13/h4-6,9,15H,3,7H2,1-2H3. The van der Waals surface area contributed by atoms with E-state index in [0.29, 0.717) is 11.1 Å². The minimum absolute atomic E-state index is 0.189. The van der Waals surface area contributed by atoms with Gasteiger partial charge in [-0.25, -0.2) is 4.39 Å². The zero-order chi connectivity index (χ0) is 11.8. The van der Waals surface area contributed by atoms with Crippen LogP contribution in [0.4, 0.5) is 4.39 Å². The molecule has 2 atom stereocenters. The van der Waals surface area contributed by atoms with Gasteiger partial charge in [-0.15, -0.1) is 11.8 Å². The minimum Gasteiger partial charge on any atom is -0.296 e. The van der Waals surface area contributed by atoms with Crippen LogP contribution in [0.15, 0.2) is 18.2 Å². The lowest BCUT2D eigenvalue weighted by atomic mass is 10.1. The summed E-state index contributed by atoms with van der Waals surface area (Å²) in [5.74, 6) is 0.785. The van der Waals surface area contributed by atoms with Gasteiger partial charge in [0.1, 0.15) is 5.82 Å². The summed E-state index contributed by atoms with van der Waals surface area (Å²) in [6.07, 6.45) is 1.10. The molecular formula is C12H15ClFNS. The Bertz CT molecular complexity index is 399. The lowest BCUT2D eigenvalue weighted by Crippen LogP contribution is -2.36. The molecule has 2 unspecified atom stereocenters. The molecule has 1 aliphatic rings. The molecule has 1 aromatic carbocycles. The van der Waals surface area contributed by atoms with Crippen molar-refractivity contribution in [3.8, 4) is 0 Å². The van der Waals surface area contributed by atoms with Gasteiger partial charge < -0.3 is 0 Å². The SMILES string of the molecule is CCC1CSC(C)(c2ccc(F)cc2Cl)N1. The Balaban J connectivity index is 2.30. The fraction of sp³-hybridized carbons (Fsp3) is 0.500. The Labute approximate surface area is 105 Å². The summed E-state index contributed by atoms with van der Waals surface area (Å²) in [6, 6.07) is 5.13. The maximum Gasteiger partial charge on any atom is 0.124 e. The molecule has 0 aromatic heterocycles. The molecule has 0 saturated carbocycles. The number of nitrogens with one attached hydrogen (secondary N) is 1. The molecule has 1 N–H and O–H groups in total. The monoisotopic (exact) mass is 259 g/mol. The van der Waals surface area contributed by atoms with Crippen LogP contribution in [0.2, 0.25) is 5.02 Å². The van der Waals surface area contributed by atoms with Crippen LogP contribution in [0.1, 0.15) is 25.8 Å². The molecule has 16 heavy (non-hydrogen) atoms. The highest BCUT2D eigenvalue weighted by Gasteiger charge is 2.37. The predicted molar refractivity (Wildman–Crippen MR) is 68.4 cm³/mol. The van der Waals surface area contributed by atoms with Gasteiger partial charge in [0.15, 0.2) is 0 Å². The van der Waals surface area contributed by atoms with E-state index in [1.165, 1.54) is 12.1 Å². The van der Waals surface area contributed by atoms with Crippen molar-refractivity contribution >= 4 is 23.4 Å². The molecular weight excluding hydrogens is 245 g/mol. The summed E-state index contributed by atoms with van der Waals surface area (Å²) in [4.78, 5) is -0.189. The predicted octanol–water partition coefficient (Wildman–Crippen LogP) is 3.77. The highest BCUT2D eigenvalue weighted by molar-refractivity contribution is 8.00. The van der Waals surface area contributed by atoms with E-state index in [-0.39, 0.29) is 10.7 Å². The largest absolute Gasteiger partial charge is 0.296 e. The molecule has 2 rings (SSSR count). The van der Waals surface area contributed by atoms with Gasteiger partial charge in [-0.05, 0) is 25.5 Å². The van der Waals surface area contributed by atoms with Gasteiger partial charge in [0.25, 0.3) is 0 Å². The molecule has 0 aliphatic carbocycles. The normalized spacial score (nSPS) is 29.6. The summed E-state index contributed by atoms with van der Waals surface area (Å²) in [7, 11) is 0. The summed E-state index contributed by atoms with van der Waals surface area (Å²) in [5, 5.41) is 4.05. The Morgan fingerprint density at radius 2 is 2.38 bits per heavy atom. The summed E-state index contributed by atoms with van der Waals surface area (Å²) in [5.41, 5.74) is 0.969. The third-order valence-electron chi connectivity index (χ3n) is 2.99. The van der Waals surface area contributed by atoms with Crippen molar-refractivity contribution in [2.75, 3.05) is 5.75 Å². The molecule has 0 spiro atoms. The molecule has 4 heteroatoms. The van der Waals surface area contributed by atoms with Crippen molar-refractivity contribution in [1.29, 1.82) is 0 Å². The van der Waals surface area contributed by atoms with Gasteiger partial charge in [-0.2, -0.15) is 0 Å². The molecule has 0 amide bonds. The Kier molecular flexibility index (Phi) is 3.48. The first kappa shape index (κ1) is 12.2. The second-order valence-electron chi connectivity index (χ2n) is 4.22. The van der Waals surface area contributed by atoms with E-state index in [0.717, 1.165) is 17.7 Å². The van der Waals surface area contributed by atoms with Crippen LogP contribution in [0.25, 0.3) is 0 Å². The summed E-state index contributed by atoms with van der Waals surface area (Å²) < 4.78 is 13.0. The first-order valence-electron chi connectivity index (χ1n) is 5.42. The quantitative estimate of drug-likeness (QED) is 0.868. The number of hydrogen-bond donors (Lipinski definition) is 1.